The first-order chi connectivity index (χ1) is 6.81. The fourth-order valence-electron chi connectivity index (χ4n) is 3.21. The lowest BCUT2D eigenvalue weighted by Crippen LogP contribution is -2.42. The highest BCUT2D eigenvalue weighted by atomic mass is 16.5. The average Bonchev–Trinajstić information content (AvgIpc) is 2.26. The van der Waals surface area contributed by atoms with Crippen molar-refractivity contribution in [1.29, 1.82) is 0 Å². The van der Waals surface area contributed by atoms with Gasteiger partial charge in [-0.05, 0) is 38.6 Å². The molecule has 2 nitrogen and oxygen atoms in total. The smallest absolute Gasteiger partial charge is 0.0726 e. The highest BCUT2D eigenvalue weighted by Crippen LogP contribution is 2.31. The molecule has 0 spiro atoms. The van der Waals surface area contributed by atoms with E-state index in [1.165, 1.54) is 45.1 Å². The number of ether oxygens (including phenoxy) is 1. The fraction of sp³-hybridized carbons (Fsp3) is 1.00. The Morgan fingerprint density at radius 3 is 2.64 bits per heavy atom. The van der Waals surface area contributed by atoms with Crippen LogP contribution < -0.4 is 0 Å². The van der Waals surface area contributed by atoms with Crippen LogP contribution in [0, 0.1) is 5.92 Å². The highest BCUT2D eigenvalue weighted by molar-refractivity contribution is 4.86. The predicted molar refractivity (Wildman–Crippen MR) is 58.4 cm³/mol. The van der Waals surface area contributed by atoms with Gasteiger partial charge in [-0.2, -0.15) is 0 Å². The van der Waals surface area contributed by atoms with E-state index in [1.54, 1.807) is 0 Å². The van der Waals surface area contributed by atoms with Crippen LogP contribution in [0.25, 0.3) is 0 Å². The molecule has 0 aliphatic carbocycles. The van der Waals surface area contributed by atoms with Crippen molar-refractivity contribution < 1.29 is 4.74 Å². The Bertz CT molecular complexity index is 183. The molecule has 0 aromatic rings. The molecule has 3 unspecified atom stereocenters. The van der Waals surface area contributed by atoms with Crippen molar-refractivity contribution >= 4 is 0 Å². The molecule has 3 atom stereocenters. The number of rotatable bonds is 1. The van der Waals surface area contributed by atoms with Gasteiger partial charge in [0.25, 0.3) is 0 Å². The largest absolute Gasteiger partial charge is 0.380 e. The maximum absolute atomic E-state index is 5.64. The van der Waals surface area contributed by atoms with E-state index in [1.807, 2.05) is 7.11 Å². The summed E-state index contributed by atoms with van der Waals surface area (Å²) in [5, 5.41) is 0. The molecular weight excluding hydrogens is 174 g/mol. The first-order valence-corrected chi connectivity index (χ1v) is 6.04. The third-order valence-electron chi connectivity index (χ3n) is 4.07. The summed E-state index contributed by atoms with van der Waals surface area (Å²) in [5.41, 5.74) is 0. The molecule has 2 rings (SSSR count). The molecule has 0 saturated carbocycles. The van der Waals surface area contributed by atoms with E-state index in [2.05, 4.69) is 11.9 Å². The molecule has 2 saturated heterocycles. The third-order valence-corrected chi connectivity index (χ3v) is 4.07. The van der Waals surface area contributed by atoms with Crippen LogP contribution >= 0.6 is 0 Å². The van der Waals surface area contributed by atoms with Gasteiger partial charge in [0.15, 0.2) is 0 Å². The van der Waals surface area contributed by atoms with Crippen molar-refractivity contribution in [3.63, 3.8) is 0 Å². The molecular formula is C12H23NO. The van der Waals surface area contributed by atoms with Crippen LogP contribution in [0.15, 0.2) is 0 Å². The van der Waals surface area contributed by atoms with Crippen LogP contribution in [-0.4, -0.2) is 37.7 Å². The molecule has 0 radical (unpaired) electrons. The third kappa shape index (κ3) is 2.12. The summed E-state index contributed by atoms with van der Waals surface area (Å²) in [6.45, 7) is 1.30. The molecule has 2 fully saturated rings. The zero-order chi connectivity index (χ0) is 9.97. The average molecular weight is 197 g/mol. The summed E-state index contributed by atoms with van der Waals surface area (Å²) in [5.74, 6) is 0.933. The topological polar surface area (TPSA) is 12.5 Å². The van der Waals surface area contributed by atoms with E-state index in [0.29, 0.717) is 12.1 Å². The second kappa shape index (κ2) is 4.63. The molecule has 2 aliphatic rings. The fourth-order valence-corrected chi connectivity index (χ4v) is 3.21. The molecule has 2 aliphatic heterocycles. The van der Waals surface area contributed by atoms with Gasteiger partial charge in [0.1, 0.15) is 0 Å². The molecule has 0 amide bonds. The Hall–Kier alpha value is -0.0800. The number of hydrogen-bond acceptors (Lipinski definition) is 2. The Balaban J connectivity index is 2.11. The van der Waals surface area contributed by atoms with Gasteiger partial charge in [0.2, 0.25) is 0 Å². The van der Waals surface area contributed by atoms with E-state index >= 15 is 0 Å². The Morgan fingerprint density at radius 2 is 1.86 bits per heavy atom. The normalized spacial score (nSPS) is 40.3. The molecule has 0 aromatic heterocycles. The van der Waals surface area contributed by atoms with Gasteiger partial charge in [-0.15, -0.1) is 0 Å². The first kappa shape index (κ1) is 10.4. The van der Waals surface area contributed by atoms with E-state index in [9.17, 15) is 0 Å². The SMILES string of the molecule is COC1CCC2CCCCC1N(C)C2. The molecule has 2 heterocycles. The number of likely N-dealkylation sites (N-methyl/N-ethyl adjacent to an activating group) is 1. The van der Waals surface area contributed by atoms with Crippen molar-refractivity contribution in [3.8, 4) is 0 Å². The van der Waals surface area contributed by atoms with Crippen LogP contribution in [0.1, 0.15) is 38.5 Å². The van der Waals surface area contributed by atoms with Gasteiger partial charge < -0.3 is 9.64 Å². The second-order valence-electron chi connectivity index (χ2n) is 5.01. The zero-order valence-corrected chi connectivity index (χ0v) is 9.54. The minimum atomic E-state index is 0.489. The summed E-state index contributed by atoms with van der Waals surface area (Å²) in [4.78, 5) is 2.55. The Kier molecular flexibility index (Phi) is 3.45. The maximum atomic E-state index is 5.64. The van der Waals surface area contributed by atoms with Crippen LogP contribution in [0.4, 0.5) is 0 Å². The summed E-state index contributed by atoms with van der Waals surface area (Å²) >= 11 is 0. The van der Waals surface area contributed by atoms with Gasteiger partial charge in [0, 0.05) is 19.7 Å². The van der Waals surface area contributed by atoms with Crippen molar-refractivity contribution in [3.05, 3.63) is 0 Å². The van der Waals surface area contributed by atoms with Gasteiger partial charge in [-0.1, -0.05) is 12.8 Å². The van der Waals surface area contributed by atoms with Crippen LogP contribution in [0.3, 0.4) is 0 Å². The number of methoxy groups -OCH3 is 1. The van der Waals surface area contributed by atoms with Crippen molar-refractivity contribution in [2.75, 3.05) is 20.7 Å². The monoisotopic (exact) mass is 197 g/mol. The van der Waals surface area contributed by atoms with Crippen LogP contribution in [-0.2, 0) is 4.74 Å². The van der Waals surface area contributed by atoms with Crippen LogP contribution in [0.5, 0.6) is 0 Å². The zero-order valence-electron chi connectivity index (χ0n) is 9.54. The first-order valence-electron chi connectivity index (χ1n) is 6.04. The Labute approximate surface area is 87.6 Å². The summed E-state index contributed by atoms with van der Waals surface area (Å²) in [7, 11) is 4.16. The standard InChI is InChI=1S/C12H23NO/c1-13-9-10-5-3-4-6-11(13)12(14-2)8-7-10/h10-12H,3-9H2,1-2H3. The number of nitrogens with zero attached hydrogens (tertiary/aromatic N) is 1. The van der Waals surface area contributed by atoms with Crippen molar-refractivity contribution in [1.82, 2.24) is 4.90 Å². The molecule has 82 valence electrons. The van der Waals surface area contributed by atoms with E-state index in [-0.39, 0.29) is 0 Å². The lowest BCUT2D eigenvalue weighted by atomic mass is 9.96. The van der Waals surface area contributed by atoms with E-state index in [0.717, 1.165) is 5.92 Å². The van der Waals surface area contributed by atoms with E-state index in [4.69, 9.17) is 4.74 Å². The van der Waals surface area contributed by atoms with E-state index < -0.39 is 0 Å². The lowest BCUT2D eigenvalue weighted by molar-refractivity contribution is 0.0228. The highest BCUT2D eigenvalue weighted by Gasteiger charge is 2.32. The molecule has 2 bridgehead atoms. The molecule has 0 aromatic carbocycles. The summed E-state index contributed by atoms with van der Waals surface area (Å²) < 4.78 is 5.64. The van der Waals surface area contributed by atoms with Gasteiger partial charge in [-0.25, -0.2) is 0 Å². The molecule has 14 heavy (non-hydrogen) atoms. The lowest BCUT2D eigenvalue weighted by Gasteiger charge is -2.33. The minimum absolute atomic E-state index is 0.489. The molecule has 0 N–H and O–H groups in total. The maximum Gasteiger partial charge on any atom is 0.0726 e. The Morgan fingerprint density at radius 1 is 1.07 bits per heavy atom. The van der Waals surface area contributed by atoms with Gasteiger partial charge >= 0.3 is 0 Å². The number of hydrogen-bond donors (Lipinski definition) is 0. The minimum Gasteiger partial charge on any atom is -0.380 e. The quantitative estimate of drug-likeness (QED) is 0.639. The molecule has 2 heteroatoms. The van der Waals surface area contributed by atoms with Gasteiger partial charge in [0.05, 0.1) is 6.10 Å². The van der Waals surface area contributed by atoms with Crippen molar-refractivity contribution in [2.45, 2.75) is 50.7 Å². The summed E-state index contributed by atoms with van der Waals surface area (Å²) in [6, 6.07) is 0.685. The second-order valence-corrected chi connectivity index (χ2v) is 5.01. The summed E-state index contributed by atoms with van der Waals surface area (Å²) in [6.07, 6.45) is 8.74. The van der Waals surface area contributed by atoms with Gasteiger partial charge in [-0.3, -0.25) is 0 Å². The van der Waals surface area contributed by atoms with Crippen molar-refractivity contribution in [2.24, 2.45) is 5.92 Å². The predicted octanol–water partition coefficient (Wildman–Crippen LogP) is 2.29. The van der Waals surface area contributed by atoms with Crippen LogP contribution in [0.2, 0.25) is 0 Å². The number of fused-ring (bicyclic) bond motifs is 3.